The summed E-state index contributed by atoms with van der Waals surface area (Å²) in [7, 11) is 0. The average Bonchev–Trinajstić information content (AvgIpc) is 1.66. The Labute approximate surface area is 49.5 Å². The van der Waals surface area contributed by atoms with E-state index in [0.29, 0.717) is 12.5 Å². The molecule has 0 amide bonds. The van der Waals surface area contributed by atoms with E-state index in [9.17, 15) is 0 Å². The first-order valence-corrected chi connectivity index (χ1v) is 2.60. The van der Waals surface area contributed by atoms with Crippen molar-refractivity contribution in [2.45, 2.75) is 13.8 Å². The second kappa shape index (κ2) is 4.43. The molecule has 0 aromatic heterocycles. The number of hydrogen-bond donors (Lipinski definition) is 1. The summed E-state index contributed by atoms with van der Waals surface area (Å²) in [4.78, 5) is 0. The van der Waals surface area contributed by atoms with Crippen molar-refractivity contribution < 1.29 is 4.74 Å². The van der Waals surface area contributed by atoms with Crippen molar-refractivity contribution in [2.24, 2.45) is 16.9 Å². The number of nitrogens with two attached hydrogens (primary N) is 1. The van der Waals surface area contributed by atoms with E-state index in [1.807, 2.05) is 0 Å². The molecular weight excluding hydrogens is 104 g/mol. The van der Waals surface area contributed by atoms with Gasteiger partial charge in [0, 0.05) is 0 Å². The van der Waals surface area contributed by atoms with Gasteiger partial charge in [0.25, 0.3) is 0 Å². The second-order valence-electron chi connectivity index (χ2n) is 1.98. The highest BCUT2D eigenvalue weighted by atomic mass is 16.5. The molecule has 0 rings (SSSR count). The third-order valence-electron chi connectivity index (χ3n) is 0.565. The van der Waals surface area contributed by atoms with Gasteiger partial charge in [0.15, 0.2) is 6.40 Å². The molecule has 0 spiro atoms. The zero-order valence-electron chi connectivity index (χ0n) is 5.29. The summed E-state index contributed by atoms with van der Waals surface area (Å²) >= 11 is 0. The predicted octanol–water partition coefficient (Wildman–Crippen LogP) is 0.561. The van der Waals surface area contributed by atoms with Gasteiger partial charge in [-0.15, -0.1) is 0 Å². The molecule has 0 aromatic rings. The zero-order valence-corrected chi connectivity index (χ0v) is 5.29. The fourth-order valence-electron chi connectivity index (χ4n) is 0.279. The maximum atomic E-state index is 4.83. The van der Waals surface area contributed by atoms with Gasteiger partial charge in [-0.05, 0) is 5.92 Å². The van der Waals surface area contributed by atoms with Crippen LogP contribution in [-0.2, 0) is 4.74 Å². The van der Waals surface area contributed by atoms with Crippen molar-refractivity contribution in [1.29, 1.82) is 0 Å². The van der Waals surface area contributed by atoms with E-state index in [4.69, 9.17) is 10.6 Å². The van der Waals surface area contributed by atoms with E-state index < -0.39 is 0 Å². The molecule has 8 heavy (non-hydrogen) atoms. The molecule has 0 heterocycles. The van der Waals surface area contributed by atoms with Crippen LogP contribution in [-0.4, -0.2) is 13.0 Å². The lowest BCUT2D eigenvalue weighted by molar-refractivity contribution is 0.270. The van der Waals surface area contributed by atoms with E-state index in [1.165, 1.54) is 6.40 Å². The third kappa shape index (κ3) is 5.27. The molecule has 0 aromatic carbocycles. The van der Waals surface area contributed by atoms with Gasteiger partial charge in [0.2, 0.25) is 0 Å². The molecule has 0 saturated carbocycles. The third-order valence-corrected chi connectivity index (χ3v) is 0.565. The van der Waals surface area contributed by atoms with Crippen LogP contribution in [0.2, 0.25) is 0 Å². The SMILES string of the molecule is CC(C)CO/C=N\N. The molecule has 0 aliphatic carbocycles. The Morgan fingerprint density at radius 1 is 1.75 bits per heavy atom. The van der Waals surface area contributed by atoms with Gasteiger partial charge in [-0.25, -0.2) is 0 Å². The molecule has 0 saturated heterocycles. The summed E-state index contributed by atoms with van der Waals surface area (Å²) in [5.74, 6) is 5.29. The number of hydrazone groups is 1. The lowest BCUT2D eigenvalue weighted by Crippen LogP contribution is -2.00. The standard InChI is InChI=1S/C5H12N2O/c1-5(2)3-8-4-7-6/h4-5H,3,6H2,1-2H3/b7-4-. The molecule has 0 fully saturated rings. The summed E-state index contributed by atoms with van der Waals surface area (Å²) < 4.78 is 4.83. The fourth-order valence-corrected chi connectivity index (χ4v) is 0.279. The Balaban J connectivity index is 2.93. The van der Waals surface area contributed by atoms with Crippen molar-refractivity contribution >= 4 is 6.40 Å². The van der Waals surface area contributed by atoms with Crippen LogP contribution in [0.15, 0.2) is 5.10 Å². The summed E-state index contributed by atoms with van der Waals surface area (Å²) in [6.07, 6.45) is 1.25. The lowest BCUT2D eigenvalue weighted by atomic mass is 10.2. The number of nitrogens with zero attached hydrogens (tertiary/aromatic N) is 1. The highest BCUT2D eigenvalue weighted by Crippen LogP contribution is 1.89. The molecule has 3 nitrogen and oxygen atoms in total. The van der Waals surface area contributed by atoms with Crippen LogP contribution in [0.1, 0.15) is 13.8 Å². The zero-order chi connectivity index (χ0) is 6.41. The van der Waals surface area contributed by atoms with Crippen molar-refractivity contribution in [3.63, 3.8) is 0 Å². The Morgan fingerprint density at radius 3 is 2.75 bits per heavy atom. The number of hydrogen-bond acceptors (Lipinski definition) is 3. The predicted molar refractivity (Wildman–Crippen MR) is 33.5 cm³/mol. The van der Waals surface area contributed by atoms with Crippen LogP contribution in [0.3, 0.4) is 0 Å². The summed E-state index contributed by atoms with van der Waals surface area (Å²) in [6.45, 7) is 4.80. The van der Waals surface area contributed by atoms with Gasteiger partial charge in [-0.3, -0.25) is 0 Å². The molecule has 0 aliphatic rings. The van der Waals surface area contributed by atoms with E-state index in [-0.39, 0.29) is 0 Å². The van der Waals surface area contributed by atoms with Gasteiger partial charge in [0.1, 0.15) is 0 Å². The Bertz CT molecular complexity index is 70.8. The second-order valence-corrected chi connectivity index (χ2v) is 1.98. The summed E-state index contributed by atoms with van der Waals surface area (Å²) in [5.41, 5.74) is 0. The monoisotopic (exact) mass is 116 g/mol. The maximum absolute atomic E-state index is 4.83. The Hall–Kier alpha value is -0.730. The van der Waals surface area contributed by atoms with Gasteiger partial charge >= 0.3 is 0 Å². The molecule has 3 heteroatoms. The fraction of sp³-hybridized carbons (Fsp3) is 0.800. The highest BCUT2D eigenvalue weighted by Gasteiger charge is 1.88. The van der Waals surface area contributed by atoms with Gasteiger partial charge in [0.05, 0.1) is 6.61 Å². The minimum absolute atomic E-state index is 0.535. The molecule has 0 aliphatic heterocycles. The molecule has 0 unspecified atom stereocenters. The van der Waals surface area contributed by atoms with Crippen molar-refractivity contribution in [2.75, 3.05) is 6.61 Å². The van der Waals surface area contributed by atoms with E-state index in [0.717, 1.165) is 0 Å². The molecular formula is C5H12N2O. The van der Waals surface area contributed by atoms with Crippen molar-refractivity contribution in [3.05, 3.63) is 0 Å². The molecule has 0 radical (unpaired) electrons. The van der Waals surface area contributed by atoms with E-state index >= 15 is 0 Å². The topological polar surface area (TPSA) is 47.6 Å². The quantitative estimate of drug-likeness (QED) is 0.253. The largest absolute Gasteiger partial charge is 0.482 e. The number of rotatable bonds is 3. The van der Waals surface area contributed by atoms with Gasteiger partial charge in [-0.1, -0.05) is 13.8 Å². The van der Waals surface area contributed by atoms with Crippen LogP contribution in [0.25, 0.3) is 0 Å². The molecule has 48 valence electrons. The average molecular weight is 116 g/mol. The molecule has 0 atom stereocenters. The van der Waals surface area contributed by atoms with Crippen molar-refractivity contribution in [1.82, 2.24) is 0 Å². The molecule has 0 bridgehead atoms. The van der Waals surface area contributed by atoms with Crippen LogP contribution in [0.5, 0.6) is 0 Å². The molecule has 2 N–H and O–H groups in total. The van der Waals surface area contributed by atoms with Crippen LogP contribution < -0.4 is 5.84 Å². The lowest BCUT2D eigenvalue weighted by Gasteiger charge is -2.00. The first kappa shape index (κ1) is 7.27. The minimum atomic E-state index is 0.535. The smallest absolute Gasteiger partial charge is 0.192 e. The highest BCUT2D eigenvalue weighted by molar-refractivity contribution is 5.45. The Kier molecular flexibility index (Phi) is 4.03. The van der Waals surface area contributed by atoms with Crippen LogP contribution >= 0.6 is 0 Å². The first-order valence-electron chi connectivity index (χ1n) is 2.60. The van der Waals surface area contributed by atoms with E-state index in [1.54, 1.807) is 0 Å². The number of ether oxygens (including phenoxy) is 1. The first-order chi connectivity index (χ1) is 3.77. The summed E-state index contributed by atoms with van der Waals surface area (Å²) in [6, 6.07) is 0. The van der Waals surface area contributed by atoms with Gasteiger partial charge < -0.3 is 10.6 Å². The van der Waals surface area contributed by atoms with E-state index in [2.05, 4.69) is 18.9 Å². The van der Waals surface area contributed by atoms with Crippen LogP contribution in [0, 0.1) is 5.92 Å². The normalized spacial score (nSPS) is 10.9. The minimum Gasteiger partial charge on any atom is -0.482 e. The van der Waals surface area contributed by atoms with Gasteiger partial charge in [-0.2, -0.15) is 5.10 Å². The summed E-state index contributed by atoms with van der Waals surface area (Å²) in [5, 5.41) is 3.16. The van der Waals surface area contributed by atoms with Crippen LogP contribution in [0.4, 0.5) is 0 Å². The Morgan fingerprint density at radius 2 is 2.38 bits per heavy atom. The maximum Gasteiger partial charge on any atom is 0.192 e. The van der Waals surface area contributed by atoms with Crippen molar-refractivity contribution in [3.8, 4) is 0 Å².